The first kappa shape index (κ1) is 24.3. The molecule has 182 valence electrons. The number of rotatable bonds is 5. The van der Waals surface area contributed by atoms with E-state index in [2.05, 4.69) is 10.6 Å². The summed E-state index contributed by atoms with van der Waals surface area (Å²) in [7, 11) is 0. The van der Waals surface area contributed by atoms with Crippen LogP contribution in [0.3, 0.4) is 0 Å². The minimum atomic E-state index is -0.302. The number of nitrogens with zero attached hydrogens (tertiary/aromatic N) is 2. The summed E-state index contributed by atoms with van der Waals surface area (Å²) in [6.45, 7) is 2.94. The van der Waals surface area contributed by atoms with Crippen LogP contribution < -0.4 is 10.6 Å². The van der Waals surface area contributed by atoms with Crippen LogP contribution in [0.25, 0.3) is 17.3 Å². The molecule has 0 spiro atoms. The Morgan fingerprint density at radius 3 is 2.56 bits per heavy atom. The summed E-state index contributed by atoms with van der Waals surface area (Å²) in [5.74, 6) is -0.583. The van der Waals surface area contributed by atoms with E-state index in [1.807, 2.05) is 43.3 Å². The second kappa shape index (κ2) is 10.3. The lowest BCUT2D eigenvalue weighted by Gasteiger charge is -2.20. The first-order valence-electron chi connectivity index (χ1n) is 11.5. The fourth-order valence-corrected chi connectivity index (χ4v) is 4.82. The predicted molar refractivity (Wildman–Crippen MR) is 142 cm³/mol. The maximum absolute atomic E-state index is 13.5. The molecule has 1 aliphatic rings. The fourth-order valence-electron chi connectivity index (χ4n) is 4.33. The smallest absolute Gasteiger partial charge is 0.272 e. The van der Waals surface area contributed by atoms with Crippen molar-refractivity contribution in [2.75, 3.05) is 6.54 Å². The molecule has 1 atom stereocenters. The van der Waals surface area contributed by atoms with Crippen molar-refractivity contribution < 1.29 is 9.18 Å². The highest BCUT2D eigenvalue weighted by molar-refractivity contribution is 6.35. The lowest BCUT2D eigenvalue weighted by Crippen LogP contribution is -2.30. The molecule has 5 rings (SSSR count). The van der Waals surface area contributed by atoms with Crippen LogP contribution in [0.5, 0.6) is 0 Å². The maximum atomic E-state index is 13.5. The number of hydrogen-bond acceptors (Lipinski definition) is 3. The zero-order chi connectivity index (χ0) is 25.2. The van der Waals surface area contributed by atoms with Gasteiger partial charge in [0.25, 0.3) is 5.91 Å². The quantitative estimate of drug-likeness (QED) is 0.317. The highest BCUT2D eigenvalue weighted by Crippen LogP contribution is 2.33. The van der Waals surface area contributed by atoms with Crippen molar-refractivity contribution >= 4 is 40.8 Å². The van der Waals surface area contributed by atoms with Crippen molar-refractivity contribution in [3.05, 3.63) is 117 Å². The third-order valence-corrected chi connectivity index (χ3v) is 6.65. The van der Waals surface area contributed by atoms with Crippen molar-refractivity contribution in [3.8, 4) is 5.69 Å². The summed E-state index contributed by atoms with van der Waals surface area (Å²) in [6, 6.07) is 21.0. The molecule has 5 nitrogen and oxygen atoms in total. The van der Waals surface area contributed by atoms with Crippen LogP contribution in [0.4, 0.5) is 4.39 Å². The van der Waals surface area contributed by atoms with E-state index in [-0.39, 0.29) is 17.8 Å². The molecule has 0 saturated carbocycles. The van der Waals surface area contributed by atoms with Crippen molar-refractivity contribution in [1.82, 2.24) is 20.4 Å². The van der Waals surface area contributed by atoms with Gasteiger partial charge in [-0.1, -0.05) is 65.7 Å². The normalized spacial score (nSPS) is 14.9. The van der Waals surface area contributed by atoms with Crippen LogP contribution in [0.15, 0.2) is 72.8 Å². The molecule has 4 aromatic rings. The zero-order valence-electron chi connectivity index (χ0n) is 19.4. The van der Waals surface area contributed by atoms with E-state index in [9.17, 15) is 9.18 Å². The van der Waals surface area contributed by atoms with Gasteiger partial charge < -0.3 is 10.6 Å². The minimum absolute atomic E-state index is 0.204. The summed E-state index contributed by atoms with van der Waals surface area (Å²) in [5.41, 5.74) is 5.19. The number of aromatic nitrogens is 2. The van der Waals surface area contributed by atoms with E-state index in [0.29, 0.717) is 34.5 Å². The molecule has 1 aliphatic heterocycles. The van der Waals surface area contributed by atoms with Gasteiger partial charge in [-0.2, -0.15) is 5.10 Å². The number of carbonyl (C=O) groups is 1. The SMILES string of the molecule is CC(NC(=O)c1nn(-c2ccc(Cl)cc2Cl)c2c1CNC/C2=C\c1ccc(F)cc1)c1ccccc1. The van der Waals surface area contributed by atoms with E-state index in [1.165, 1.54) is 12.1 Å². The third-order valence-electron chi connectivity index (χ3n) is 6.12. The first-order valence-corrected chi connectivity index (χ1v) is 12.3. The Hall–Kier alpha value is -3.45. The summed E-state index contributed by atoms with van der Waals surface area (Å²) >= 11 is 12.7. The van der Waals surface area contributed by atoms with E-state index in [1.54, 1.807) is 35.0 Å². The largest absolute Gasteiger partial charge is 0.344 e. The molecule has 0 radical (unpaired) electrons. The van der Waals surface area contributed by atoms with Gasteiger partial charge in [-0.3, -0.25) is 4.79 Å². The van der Waals surface area contributed by atoms with Gasteiger partial charge in [-0.15, -0.1) is 0 Å². The Labute approximate surface area is 218 Å². The van der Waals surface area contributed by atoms with Gasteiger partial charge in [0.05, 0.1) is 22.4 Å². The van der Waals surface area contributed by atoms with E-state index in [0.717, 1.165) is 28.0 Å². The molecule has 0 bridgehead atoms. The molecular weight excluding hydrogens is 498 g/mol. The highest BCUT2D eigenvalue weighted by Gasteiger charge is 2.29. The molecule has 2 heterocycles. The van der Waals surface area contributed by atoms with Gasteiger partial charge >= 0.3 is 0 Å². The molecule has 3 aromatic carbocycles. The highest BCUT2D eigenvalue weighted by atomic mass is 35.5. The number of amides is 1. The predicted octanol–water partition coefficient (Wildman–Crippen LogP) is 6.45. The second-order valence-electron chi connectivity index (χ2n) is 8.61. The Morgan fingerprint density at radius 1 is 1.08 bits per heavy atom. The van der Waals surface area contributed by atoms with Gasteiger partial charge in [0.2, 0.25) is 0 Å². The monoisotopic (exact) mass is 520 g/mol. The molecule has 1 aromatic heterocycles. The van der Waals surface area contributed by atoms with Crippen molar-refractivity contribution in [2.45, 2.75) is 19.5 Å². The fraction of sp³-hybridized carbons (Fsp3) is 0.143. The lowest BCUT2D eigenvalue weighted by atomic mass is 9.98. The Morgan fingerprint density at radius 2 is 1.83 bits per heavy atom. The average molecular weight is 521 g/mol. The molecular formula is C28H23Cl2FN4O. The van der Waals surface area contributed by atoms with Gasteiger partial charge in [0.15, 0.2) is 5.69 Å². The van der Waals surface area contributed by atoms with Gasteiger partial charge in [0.1, 0.15) is 5.82 Å². The average Bonchev–Trinajstić information content (AvgIpc) is 3.26. The van der Waals surface area contributed by atoms with Crippen LogP contribution in [0.2, 0.25) is 10.0 Å². The van der Waals surface area contributed by atoms with Gasteiger partial charge in [-0.05, 0) is 60.0 Å². The van der Waals surface area contributed by atoms with Crippen LogP contribution in [0.1, 0.15) is 45.8 Å². The second-order valence-corrected chi connectivity index (χ2v) is 9.46. The van der Waals surface area contributed by atoms with Gasteiger partial charge in [-0.25, -0.2) is 9.07 Å². The Bertz CT molecular complexity index is 1450. The summed E-state index contributed by atoms with van der Waals surface area (Å²) in [4.78, 5) is 13.5. The van der Waals surface area contributed by atoms with E-state index < -0.39 is 0 Å². The molecule has 0 saturated heterocycles. The topological polar surface area (TPSA) is 59.0 Å². The van der Waals surface area contributed by atoms with Crippen molar-refractivity contribution in [1.29, 1.82) is 0 Å². The van der Waals surface area contributed by atoms with E-state index >= 15 is 0 Å². The standard InChI is InChI=1S/C28H23Cl2FN4O/c1-17(19-5-3-2-4-6-19)33-28(36)26-23-16-32-15-20(13-18-7-10-22(31)11-8-18)27(23)35(34-26)25-12-9-21(29)14-24(25)30/h2-14,17,32H,15-16H2,1H3,(H,33,36)/b20-13+. The summed E-state index contributed by atoms with van der Waals surface area (Å²) < 4.78 is 15.2. The lowest BCUT2D eigenvalue weighted by molar-refractivity contribution is 0.0933. The van der Waals surface area contributed by atoms with Crippen molar-refractivity contribution in [3.63, 3.8) is 0 Å². The van der Waals surface area contributed by atoms with Crippen LogP contribution in [0, 0.1) is 5.82 Å². The summed E-state index contributed by atoms with van der Waals surface area (Å²) in [5, 5.41) is 12.1. The van der Waals surface area contributed by atoms with Crippen LogP contribution in [-0.2, 0) is 6.54 Å². The maximum Gasteiger partial charge on any atom is 0.272 e. The molecule has 1 unspecified atom stereocenters. The van der Waals surface area contributed by atoms with Gasteiger partial charge in [0, 0.05) is 23.7 Å². The van der Waals surface area contributed by atoms with E-state index in [4.69, 9.17) is 28.3 Å². The molecule has 1 amide bonds. The number of nitrogens with one attached hydrogen (secondary N) is 2. The number of halogens is 3. The molecule has 8 heteroatoms. The Kier molecular flexibility index (Phi) is 6.92. The number of fused-ring (bicyclic) bond motifs is 1. The zero-order valence-corrected chi connectivity index (χ0v) is 20.9. The van der Waals surface area contributed by atoms with Crippen molar-refractivity contribution in [2.24, 2.45) is 0 Å². The number of carbonyl (C=O) groups excluding carboxylic acids is 1. The first-order chi connectivity index (χ1) is 17.4. The van der Waals surface area contributed by atoms with Crippen LogP contribution >= 0.6 is 23.2 Å². The Balaban J connectivity index is 1.61. The number of hydrogen-bond donors (Lipinski definition) is 2. The van der Waals surface area contributed by atoms with Crippen LogP contribution in [-0.4, -0.2) is 22.2 Å². The number of benzene rings is 3. The molecule has 0 fully saturated rings. The molecule has 36 heavy (non-hydrogen) atoms. The minimum Gasteiger partial charge on any atom is -0.344 e. The third kappa shape index (κ3) is 4.93. The molecule has 2 N–H and O–H groups in total. The molecule has 0 aliphatic carbocycles. The summed E-state index contributed by atoms with van der Waals surface area (Å²) in [6.07, 6.45) is 1.96.